The smallest absolute Gasteiger partial charge is 0.237 e. The Kier molecular flexibility index (Phi) is 4.08. The number of nitrogens with zero attached hydrogens (tertiary/aromatic N) is 2. The zero-order valence-electron chi connectivity index (χ0n) is 11.4. The predicted octanol–water partition coefficient (Wildman–Crippen LogP) is 2.23. The van der Waals surface area contributed by atoms with E-state index in [1.54, 1.807) is 0 Å². The van der Waals surface area contributed by atoms with Crippen molar-refractivity contribution in [3.05, 3.63) is 47.7 Å². The fraction of sp³-hybridized carbons (Fsp3) is 0.467. The van der Waals surface area contributed by atoms with E-state index in [1.165, 1.54) is 0 Å². The van der Waals surface area contributed by atoms with Gasteiger partial charge in [-0.1, -0.05) is 30.3 Å². The molecule has 1 aromatic heterocycles. The summed E-state index contributed by atoms with van der Waals surface area (Å²) in [5.41, 5.74) is 7.10. The normalized spacial score (nSPS) is 20.1. The summed E-state index contributed by atoms with van der Waals surface area (Å²) in [6.07, 6.45) is 4.30. The average molecular weight is 273 g/mol. The third-order valence-corrected chi connectivity index (χ3v) is 3.61. The second kappa shape index (κ2) is 6.15. The second-order valence-electron chi connectivity index (χ2n) is 5.10. The van der Waals surface area contributed by atoms with E-state index in [-0.39, 0.29) is 6.04 Å². The van der Waals surface area contributed by atoms with Crippen LogP contribution in [-0.4, -0.2) is 22.9 Å². The second-order valence-corrected chi connectivity index (χ2v) is 5.10. The van der Waals surface area contributed by atoms with Crippen LogP contribution >= 0.6 is 0 Å². The summed E-state index contributed by atoms with van der Waals surface area (Å²) in [5, 5.41) is 8.13. The fourth-order valence-corrected chi connectivity index (χ4v) is 2.45. The van der Waals surface area contributed by atoms with E-state index in [9.17, 15) is 0 Å². The van der Waals surface area contributed by atoms with Crippen LogP contribution < -0.4 is 5.73 Å². The van der Waals surface area contributed by atoms with E-state index in [0.29, 0.717) is 17.9 Å². The number of ether oxygens (including phenoxy) is 1. The van der Waals surface area contributed by atoms with Gasteiger partial charge in [-0.15, -0.1) is 10.2 Å². The maximum atomic E-state index is 6.13. The summed E-state index contributed by atoms with van der Waals surface area (Å²) in [6, 6.07) is 9.41. The quantitative estimate of drug-likeness (QED) is 0.904. The third-order valence-electron chi connectivity index (χ3n) is 3.61. The average Bonchev–Trinajstić information content (AvgIpc) is 3.17. The molecular weight excluding hydrogens is 254 g/mol. The van der Waals surface area contributed by atoms with Crippen LogP contribution in [0.1, 0.15) is 42.6 Å². The lowest BCUT2D eigenvalue weighted by molar-refractivity contribution is 0.103. The van der Waals surface area contributed by atoms with Gasteiger partial charge in [-0.05, 0) is 24.8 Å². The Hall–Kier alpha value is -1.72. The highest BCUT2D eigenvalue weighted by Gasteiger charge is 2.19. The van der Waals surface area contributed by atoms with E-state index in [0.717, 1.165) is 37.9 Å². The molecule has 1 fully saturated rings. The largest absolute Gasteiger partial charge is 0.423 e. The maximum absolute atomic E-state index is 6.13. The van der Waals surface area contributed by atoms with Crippen LogP contribution in [0.4, 0.5) is 0 Å². The van der Waals surface area contributed by atoms with Crippen molar-refractivity contribution in [2.24, 2.45) is 5.73 Å². The highest BCUT2D eigenvalue weighted by atomic mass is 16.5. The van der Waals surface area contributed by atoms with Crippen LogP contribution in [0.3, 0.4) is 0 Å². The molecule has 1 aliphatic heterocycles. The Morgan fingerprint density at radius 3 is 2.85 bits per heavy atom. The number of aryl methyl sites for hydroxylation is 1. The van der Waals surface area contributed by atoms with Gasteiger partial charge < -0.3 is 14.9 Å². The van der Waals surface area contributed by atoms with Crippen molar-refractivity contribution in [3.8, 4) is 0 Å². The third kappa shape index (κ3) is 3.05. The number of benzene rings is 1. The van der Waals surface area contributed by atoms with Crippen LogP contribution in [0.25, 0.3) is 0 Å². The van der Waals surface area contributed by atoms with Gasteiger partial charge in [0.05, 0.1) is 6.10 Å². The Morgan fingerprint density at radius 2 is 2.10 bits per heavy atom. The highest BCUT2D eigenvalue weighted by molar-refractivity contribution is 5.22. The van der Waals surface area contributed by atoms with E-state index < -0.39 is 0 Å². The van der Waals surface area contributed by atoms with Crippen molar-refractivity contribution in [1.82, 2.24) is 10.2 Å². The first kappa shape index (κ1) is 13.3. The van der Waals surface area contributed by atoms with Gasteiger partial charge in [0.15, 0.2) is 0 Å². The van der Waals surface area contributed by atoms with Gasteiger partial charge in [-0.25, -0.2) is 0 Å². The highest BCUT2D eigenvalue weighted by Crippen LogP contribution is 2.20. The van der Waals surface area contributed by atoms with E-state index in [4.69, 9.17) is 14.9 Å². The molecule has 0 amide bonds. The van der Waals surface area contributed by atoms with Crippen LogP contribution in [0, 0.1) is 0 Å². The maximum Gasteiger partial charge on any atom is 0.237 e. The lowest BCUT2D eigenvalue weighted by Gasteiger charge is -2.07. The molecule has 0 aliphatic carbocycles. The van der Waals surface area contributed by atoms with Gasteiger partial charge in [0.25, 0.3) is 0 Å². The molecule has 20 heavy (non-hydrogen) atoms. The summed E-state index contributed by atoms with van der Waals surface area (Å²) < 4.78 is 11.2. The number of rotatable bonds is 5. The molecule has 3 rings (SSSR count). The molecule has 2 N–H and O–H groups in total. The molecule has 5 heteroatoms. The Morgan fingerprint density at radius 1 is 1.25 bits per heavy atom. The van der Waals surface area contributed by atoms with Crippen molar-refractivity contribution < 1.29 is 9.15 Å². The summed E-state index contributed by atoms with van der Waals surface area (Å²) in [7, 11) is 0. The van der Waals surface area contributed by atoms with Gasteiger partial charge in [-0.2, -0.15) is 0 Å². The van der Waals surface area contributed by atoms with Crippen LogP contribution in [0.2, 0.25) is 0 Å². The molecule has 2 atom stereocenters. The van der Waals surface area contributed by atoms with Crippen LogP contribution in [0.15, 0.2) is 34.7 Å². The topological polar surface area (TPSA) is 74.2 Å². The monoisotopic (exact) mass is 273 g/mol. The van der Waals surface area contributed by atoms with Crippen molar-refractivity contribution in [2.75, 3.05) is 6.61 Å². The Labute approximate surface area is 118 Å². The van der Waals surface area contributed by atoms with Crippen molar-refractivity contribution in [1.29, 1.82) is 0 Å². The van der Waals surface area contributed by atoms with E-state index in [2.05, 4.69) is 10.2 Å². The minimum atomic E-state index is -0.361. The molecule has 2 aromatic rings. The summed E-state index contributed by atoms with van der Waals surface area (Å²) in [5.74, 6) is 1.11. The van der Waals surface area contributed by atoms with Crippen molar-refractivity contribution in [2.45, 2.75) is 37.8 Å². The number of nitrogens with two attached hydrogens (primary N) is 1. The first-order valence-corrected chi connectivity index (χ1v) is 7.07. The van der Waals surface area contributed by atoms with Gasteiger partial charge in [0, 0.05) is 13.0 Å². The zero-order chi connectivity index (χ0) is 13.8. The summed E-state index contributed by atoms with van der Waals surface area (Å²) in [4.78, 5) is 0. The number of hydrogen-bond donors (Lipinski definition) is 1. The SMILES string of the molecule is NC(c1ccccc1)c1nnc(CCC2CCCO2)o1. The molecule has 1 aromatic carbocycles. The Balaban J connectivity index is 1.61. The molecule has 5 nitrogen and oxygen atoms in total. The minimum Gasteiger partial charge on any atom is -0.423 e. The fourth-order valence-electron chi connectivity index (χ4n) is 2.45. The number of aromatic nitrogens is 2. The molecular formula is C15H19N3O2. The Bertz CT molecular complexity index is 535. The standard InChI is InChI=1S/C15H19N3O2/c16-14(11-5-2-1-3-6-11)15-18-17-13(20-15)9-8-12-7-4-10-19-12/h1-3,5-6,12,14H,4,7-10,16H2. The van der Waals surface area contributed by atoms with E-state index >= 15 is 0 Å². The van der Waals surface area contributed by atoms with Crippen LogP contribution in [-0.2, 0) is 11.2 Å². The molecule has 2 unspecified atom stereocenters. The molecule has 0 bridgehead atoms. The minimum absolute atomic E-state index is 0.341. The van der Waals surface area contributed by atoms with Crippen molar-refractivity contribution >= 4 is 0 Å². The summed E-state index contributed by atoms with van der Waals surface area (Å²) >= 11 is 0. The lowest BCUT2D eigenvalue weighted by Crippen LogP contribution is -2.12. The summed E-state index contributed by atoms with van der Waals surface area (Å²) in [6.45, 7) is 0.874. The van der Waals surface area contributed by atoms with Gasteiger partial charge >= 0.3 is 0 Å². The molecule has 2 heterocycles. The molecule has 0 radical (unpaired) electrons. The first-order valence-electron chi connectivity index (χ1n) is 7.07. The zero-order valence-corrected chi connectivity index (χ0v) is 11.4. The first-order chi connectivity index (χ1) is 9.83. The van der Waals surface area contributed by atoms with Gasteiger partial charge in [0.2, 0.25) is 11.8 Å². The molecule has 0 saturated carbocycles. The van der Waals surface area contributed by atoms with E-state index in [1.807, 2.05) is 30.3 Å². The predicted molar refractivity (Wildman–Crippen MR) is 74.1 cm³/mol. The van der Waals surface area contributed by atoms with Gasteiger partial charge in [-0.3, -0.25) is 0 Å². The lowest BCUT2D eigenvalue weighted by atomic mass is 10.1. The molecule has 1 aliphatic rings. The molecule has 1 saturated heterocycles. The van der Waals surface area contributed by atoms with Crippen LogP contribution in [0.5, 0.6) is 0 Å². The van der Waals surface area contributed by atoms with Gasteiger partial charge in [0.1, 0.15) is 6.04 Å². The van der Waals surface area contributed by atoms with Crippen molar-refractivity contribution in [3.63, 3.8) is 0 Å². The molecule has 106 valence electrons. The number of hydrogen-bond acceptors (Lipinski definition) is 5. The molecule has 0 spiro atoms.